The highest BCUT2D eigenvalue weighted by Crippen LogP contribution is 1.95. The Morgan fingerprint density at radius 3 is 1.50 bits per heavy atom. The molecule has 9 nitrogen and oxygen atoms in total. The summed E-state index contributed by atoms with van der Waals surface area (Å²) < 4.78 is 17.9. The summed E-state index contributed by atoms with van der Waals surface area (Å²) in [5.41, 5.74) is 0.284. The van der Waals surface area contributed by atoms with Crippen molar-refractivity contribution in [1.82, 2.24) is 0 Å². The fraction of sp³-hybridized carbons (Fsp3) is 0.640. The van der Waals surface area contributed by atoms with E-state index in [9.17, 15) is 19.2 Å². The van der Waals surface area contributed by atoms with E-state index < -0.39 is 17.9 Å². The van der Waals surface area contributed by atoms with Crippen molar-refractivity contribution in [3.63, 3.8) is 0 Å². The van der Waals surface area contributed by atoms with Crippen molar-refractivity contribution < 1.29 is 42.9 Å². The minimum absolute atomic E-state index is 0.269. The first kappa shape index (κ1) is 41.3. The number of carbonyl (C=O) groups excluding carboxylic acids is 5. The summed E-state index contributed by atoms with van der Waals surface area (Å²) in [6.45, 7) is 21.0. The molecule has 0 rings (SSSR count). The lowest BCUT2D eigenvalue weighted by molar-refractivity contribution is -0.166. The third-order valence-corrected chi connectivity index (χ3v) is 2.59. The highest BCUT2D eigenvalue weighted by atomic mass is 16.7. The lowest BCUT2D eigenvalue weighted by Crippen LogP contribution is -2.12. The Bertz CT molecular complexity index is 539. The Morgan fingerprint density at radius 2 is 1.18 bits per heavy atom. The van der Waals surface area contributed by atoms with E-state index >= 15 is 0 Å². The van der Waals surface area contributed by atoms with Crippen LogP contribution in [0.25, 0.3) is 0 Å². The van der Waals surface area contributed by atoms with E-state index in [0.29, 0.717) is 12.8 Å². The molecule has 0 aromatic rings. The van der Waals surface area contributed by atoms with Crippen LogP contribution in [0.3, 0.4) is 0 Å². The second kappa shape index (κ2) is 37.4. The molecule has 0 N–H and O–H groups in total. The van der Waals surface area contributed by atoms with Crippen LogP contribution in [-0.2, 0) is 42.9 Å². The molecule has 0 amide bonds. The van der Waals surface area contributed by atoms with Gasteiger partial charge in [-0.2, -0.15) is 0 Å². The molecule has 0 saturated carbocycles. The van der Waals surface area contributed by atoms with Crippen LogP contribution in [-0.4, -0.2) is 43.7 Å². The molecule has 0 heterocycles. The van der Waals surface area contributed by atoms with E-state index in [-0.39, 0.29) is 31.5 Å². The van der Waals surface area contributed by atoms with Gasteiger partial charge in [-0.1, -0.05) is 74.0 Å². The first-order chi connectivity index (χ1) is 16.0. The van der Waals surface area contributed by atoms with Crippen molar-refractivity contribution in [3.8, 4) is 0 Å². The Kier molecular flexibility index (Phi) is 45.4. The van der Waals surface area contributed by atoms with Crippen LogP contribution in [0.5, 0.6) is 0 Å². The highest BCUT2D eigenvalue weighted by Gasteiger charge is 2.05. The molecule has 0 aliphatic heterocycles. The second-order valence-electron chi connectivity index (χ2n) is 6.19. The summed E-state index contributed by atoms with van der Waals surface area (Å²) in [6, 6.07) is 0. The van der Waals surface area contributed by atoms with E-state index in [0.717, 1.165) is 12.4 Å². The zero-order chi connectivity index (χ0) is 27.8. The SMILES string of the molecule is C=C(C)C(=O)OCOC(=O)CCC.C=CC(=O)OCOC(=O)CC.CC=O.CCC.CCCC. The molecule has 0 radical (unpaired) electrons. The van der Waals surface area contributed by atoms with Crippen molar-refractivity contribution in [2.75, 3.05) is 13.6 Å². The molecule has 0 saturated heterocycles. The maximum absolute atomic E-state index is 10.8. The predicted octanol–water partition coefficient (Wildman–Crippen LogP) is 5.46. The van der Waals surface area contributed by atoms with Crippen molar-refractivity contribution in [1.29, 1.82) is 0 Å². The predicted molar refractivity (Wildman–Crippen MR) is 133 cm³/mol. The normalized spacial score (nSPS) is 8.00. The average Bonchev–Trinajstić information content (AvgIpc) is 2.80. The topological polar surface area (TPSA) is 122 Å². The third kappa shape index (κ3) is 51.6. The second-order valence-corrected chi connectivity index (χ2v) is 6.19. The maximum atomic E-state index is 10.8. The number of aldehydes is 1. The molecular weight excluding hydrogens is 444 g/mol. The van der Waals surface area contributed by atoms with E-state index in [4.69, 9.17) is 4.79 Å². The first-order valence-electron chi connectivity index (χ1n) is 11.4. The summed E-state index contributed by atoms with van der Waals surface area (Å²) in [7, 11) is 0. The number of hydrogen-bond acceptors (Lipinski definition) is 9. The number of carbonyl (C=O) groups is 5. The number of esters is 4. The number of unbranched alkanes of at least 4 members (excludes halogenated alkanes) is 1. The molecule has 0 atom stereocenters. The van der Waals surface area contributed by atoms with E-state index in [1.807, 2.05) is 6.92 Å². The van der Waals surface area contributed by atoms with Gasteiger partial charge in [-0.15, -0.1) is 0 Å². The highest BCUT2D eigenvalue weighted by molar-refractivity contribution is 5.86. The first-order valence-corrected chi connectivity index (χ1v) is 11.4. The maximum Gasteiger partial charge on any atom is 0.335 e. The summed E-state index contributed by atoms with van der Waals surface area (Å²) >= 11 is 0. The lowest BCUT2D eigenvalue weighted by atomic mass is 10.3. The van der Waals surface area contributed by atoms with Crippen LogP contribution in [0.4, 0.5) is 0 Å². The molecular formula is C25H46O9. The molecule has 0 bridgehead atoms. The summed E-state index contributed by atoms with van der Waals surface area (Å²) in [5, 5.41) is 0. The number of hydrogen-bond donors (Lipinski definition) is 0. The van der Waals surface area contributed by atoms with Crippen LogP contribution in [0.15, 0.2) is 24.8 Å². The largest absolute Gasteiger partial charge is 0.428 e. The van der Waals surface area contributed by atoms with Gasteiger partial charge in [0.25, 0.3) is 0 Å². The molecule has 0 aliphatic carbocycles. The van der Waals surface area contributed by atoms with Gasteiger partial charge in [0.15, 0.2) is 0 Å². The standard InChI is InChI=1S/C9H14O4.C7H10O4.C4H10.C3H8.C2H4O/c1-4-5-8(10)12-6-13-9(11)7(2)3;1-3-6(8)10-5-11-7(9)4-2;1-3-4-2;1-3-2;1-2-3/h2,4-6H2,1,3H3;3H,1,4-5H2,2H3;3-4H2,1-2H3;3H2,1-2H3;2H,1H3. The van der Waals surface area contributed by atoms with Gasteiger partial charge in [-0.3, -0.25) is 9.59 Å². The van der Waals surface area contributed by atoms with Crippen molar-refractivity contribution in [2.45, 2.75) is 93.9 Å². The molecule has 0 aliphatic rings. The van der Waals surface area contributed by atoms with Crippen LogP contribution in [0.1, 0.15) is 93.9 Å². The smallest absolute Gasteiger partial charge is 0.335 e. The van der Waals surface area contributed by atoms with Crippen LogP contribution >= 0.6 is 0 Å². The summed E-state index contributed by atoms with van der Waals surface area (Å²) in [4.78, 5) is 51.1. The zero-order valence-electron chi connectivity index (χ0n) is 22.4. The van der Waals surface area contributed by atoms with Crippen molar-refractivity contribution in [3.05, 3.63) is 24.8 Å². The quantitative estimate of drug-likeness (QED) is 0.170. The van der Waals surface area contributed by atoms with Gasteiger partial charge in [0.2, 0.25) is 13.6 Å². The van der Waals surface area contributed by atoms with Gasteiger partial charge < -0.3 is 23.7 Å². The van der Waals surface area contributed by atoms with Crippen LogP contribution in [0.2, 0.25) is 0 Å². The van der Waals surface area contributed by atoms with Crippen LogP contribution < -0.4 is 0 Å². The Labute approximate surface area is 205 Å². The van der Waals surface area contributed by atoms with Crippen molar-refractivity contribution >= 4 is 30.2 Å². The zero-order valence-corrected chi connectivity index (χ0v) is 22.4. The molecule has 0 fully saturated rings. The Hall–Kier alpha value is -2.97. The van der Waals surface area contributed by atoms with Gasteiger partial charge in [0, 0.05) is 24.5 Å². The molecule has 0 unspecified atom stereocenters. The van der Waals surface area contributed by atoms with E-state index in [1.54, 1.807) is 6.92 Å². The van der Waals surface area contributed by atoms with Crippen molar-refractivity contribution in [2.24, 2.45) is 0 Å². The number of rotatable bonds is 10. The summed E-state index contributed by atoms with van der Waals surface area (Å²) in [5.74, 6) is -1.92. The molecule has 0 aromatic carbocycles. The van der Waals surface area contributed by atoms with E-state index in [2.05, 4.69) is 59.8 Å². The number of ether oxygens (including phenoxy) is 4. The van der Waals surface area contributed by atoms with Gasteiger partial charge >= 0.3 is 23.9 Å². The molecule has 0 aromatic heterocycles. The Balaban J connectivity index is -0.000000119. The Morgan fingerprint density at radius 1 is 0.765 bits per heavy atom. The minimum atomic E-state index is -0.603. The van der Waals surface area contributed by atoms with E-state index in [1.165, 1.54) is 33.1 Å². The van der Waals surface area contributed by atoms with Crippen LogP contribution in [0, 0.1) is 0 Å². The molecule has 9 heteroatoms. The lowest BCUT2D eigenvalue weighted by Gasteiger charge is -2.04. The van der Waals surface area contributed by atoms with Gasteiger partial charge in [0.05, 0.1) is 0 Å². The fourth-order valence-corrected chi connectivity index (χ4v) is 0.862. The van der Waals surface area contributed by atoms with Gasteiger partial charge in [-0.05, 0) is 20.3 Å². The summed E-state index contributed by atoms with van der Waals surface area (Å²) in [6.07, 6.45) is 6.96. The molecule has 0 spiro atoms. The van der Waals surface area contributed by atoms with Gasteiger partial charge in [-0.25, -0.2) is 9.59 Å². The monoisotopic (exact) mass is 490 g/mol. The van der Waals surface area contributed by atoms with Gasteiger partial charge in [0.1, 0.15) is 6.29 Å². The minimum Gasteiger partial charge on any atom is -0.428 e. The average molecular weight is 491 g/mol. The third-order valence-electron chi connectivity index (χ3n) is 2.59. The molecule has 200 valence electrons. The fourth-order valence-electron chi connectivity index (χ4n) is 0.862. The molecule has 34 heavy (non-hydrogen) atoms.